The number of carbonyl (C=O) groups is 1. The lowest BCUT2D eigenvalue weighted by atomic mass is 9.93. The summed E-state index contributed by atoms with van der Waals surface area (Å²) in [6.07, 6.45) is 1.57. The number of nitrogens with zero attached hydrogens (tertiary/aromatic N) is 2. The molecule has 0 radical (unpaired) electrons. The number of aromatic nitrogens is 1. The molecule has 2 rings (SSSR count). The van der Waals surface area contributed by atoms with Crippen LogP contribution in [-0.4, -0.2) is 40.2 Å². The smallest absolute Gasteiger partial charge is 0.317 e. The molecule has 5 nitrogen and oxygen atoms in total. The molecule has 130 valence electrons. The number of urea groups is 1. The number of rotatable bonds is 3. The van der Waals surface area contributed by atoms with E-state index in [9.17, 15) is 9.90 Å². The molecule has 1 aliphatic heterocycles. The van der Waals surface area contributed by atoms with Crippen LogP contribution in [0.2, 0.25) is 0 Å². The highest BCUT2D eigenvalue weighted by molar-refractivity contribution is 7.09. The standard InChI is InChI=1S/C17H29N3O2S/c1-11(15-19-14(10-23-15)17(3,4)5)18-16(22)20-8-6-7-13(9-20)12(2)21/h10-13,21H,6-9H2,1-5H3,(H,18,22). The summed E-state index contributed by atoms with van der Waals surface area (Å²) in [7, 11) is 0. The van der Waals surface area contributed by atoms with Gasteiger partial charge < -0.3 is 15.3 Å². The van der Waals surface area contributed by atoms with Crippen molar-refractivity contribution in [2.24, 2.45) is 5.92 Å². The Kier molecular flexibility index (Phi) is 5.68. The minimum Gasteiger partial charge on any atom is -0.393 e. The van der Waals surface area contributed by atoms with Gasteiger partial charge in [0.25, 0.3) is 0 Å². The quantitative estimate of drug-likeness (QED) is 0.888. The molecule has 1 aromatic rings. The second-order valence-corrected chi connectivity index (χ2v) is 8.47. The molecule has 3 unspecified atom stereocenters. The van der Waals surface area contributed by atoms with Crippen LogP contribution in [0.5, 0.6) is 0 Å². The van der Waals surface area contributed by atoms with Gasteiger partial charge >= 0.3 is 6.03 Å². The van der Waals surface area contributed by atoms with E-state index in [2.05, 4.69) is 36.5 Å². The maximum Gasteiger partial charge on any atom is 0.317 e. The van der Waals surface area contributed by atoms with Gasteiger partial charge in [-0.3, -0.25) is 0 Å². The summed E-state index contributed by atoms with van der Waals surface area (Å²) in [6, 6.07) is -0.161. The Balaban J connectivity index is 1.95. The fourth-order valence-electron chi connectivity index (χ4n) is 2.76. The lowest BCUT2D eigenvalue weighted by Gasteiger charge is -2.34. The Morgan fingerprint density at radius 2 is 2.17 bits per heavy atom. The average Bonchev–Trinajstić information content (AvgIpc) is 2.97. The van der Waals surface area contributed by atoms with Crippen LogP contribution in [0.3, 0.4) is 0 Å². The van der Waals surface area contributed by atoms with Crippen LogP contribution in [0.1, 0.15) is 64.2 Å². The number of aliphatic hydroxyl groups excluding tert-OH is 1. The second kappa shape index (κ2) is 7.18. The summed E-state index contributed by atoms with van der Waals surface area (Å²) >= 11 is 1.59. The van der Waals surface area contributed by atoms with Gasteiger partial charge in [-0.2, -0.15) is 0 Å². The van der Waals surface area contributed by atoms with Gasteiger partial charge in [0.15, 0.2) is 0 Å². The molecule has 0 saturated carbocycles. The van der Waals surface area contributed by atoms with Gasteiger partial charge in [0.2, 0.25) is 0 Å². The van der Waals surface area contributed by atoms with Crippen molar-refractivity contribution in [1.82, 2.24) is 15.2 Å². The van der Waals surface area contributed by atoms with Crippen LogP contribution >= 0.6 is 11.3 Å². The highest BCUT2D eigenvalue weighted by Crippen LogP contribution is 2.27. The molecule has 2 N–H and O–H groups in total. The minimum absolute atomic E-state index is 0.0236. The first kappa shape index (κ1) is 18.2. The van der Waals surface area contributed by atoms with Crippen molar-refractivity contribution in [3.05, 3.63) is 16.1 Å². The summed E-state index contributed by atoms with van der Waals surface area (Å²) in [5.74, 6) is 0.178. The van der Waals surface area contributed by atoms with Crippen LogP contribution in [0.15, 0.2) is 5.38 Å². The number of piperidine rings is 1. The van der Waals surface area contributed by atoms with Crippen molar-refractivity contribution in [3.63, 3.8) is 0 Å². The van der Waals surface area contributed by atoms with E-state index in [1.54, 1.807) is 18.3 Å². The average molecular weight is 340 g/mol. The third-order valence-electron chi connectivity index (χ3n) is 4.43. The van der Waals surface area contributed by atoms with E-state index >= 15 is 0 Å². The number of nitrogens with one attached hydrogen (secondary N) is 1. The minimum atomic E-state index is -0.365. The first-order valence-corrected chi connectivity index (χ1v) is 9.26. The molecule has 2 heterocycles. The predicted molar refractivity (Wildman–Crippen MR) is 93.7 cm³/mol. The first-order valence-electron chi connectivity index (χ1n) is 8.38. The summed E-state index contributed by atoms with van der Waals surface area (Å²) in [6.45, 7) is 11.6. The zero-order valence-corrected chi connectivity index (χ0v) is 15.6. The van der Waals surface area contributed by atoms with E-state index in [0.29, 0.717) is 6.54 Å². The Hall–Kier alpha value is -1.14. The van der Waals surface area contributed by atoms with Crippen molar-refractivity contribution < 1.29 is 9.90 Å². The molecule has 1 aliphatic rings. The monoisotopic (exact) mass is 339 g/mol. The summed E-state index contributed by atoms with van der Waals surface area (Å²) in [4.78, 5) is 18.9. The van der Waals surface area contributed by atoms with Gasteiger partial charge in [-0.25, -0.2) is 9.78 Å². The second-order valence-electron chi connectivity index (χ2n) is 7.58. The Bertz CT molecular complexity index is 536. The van der Waals surface area contributed by atoms with Crippen molar-refractivity contribution >= 4 is 17.4 Å². The SMILES string of the molecule is CC(NC(=O)N1CCCC(C(C)O)C1)c1nc(C(C)(C)C)cs1. The molecule has 1 saturated heterocycles. The number of amides is 2. The molecule has 23 heavy (non-hydrogen) atoms. The molecule has 2 amide bonds. The molecule has 1 aromatic heterocycles. The molecular weight excluding hydrogens is 310 g/mol. The van der Waals surface area contributed by atoms with Crippen LogP contribution in [0, 0.1) is 5.92 Å². The Morgan fingerprint density at radius 3 is 2.74 bits per heavy atom. The van der Waals surface area contributed by atoms with Crippen LogP contribution in [0.4, 0.5) is 4.79 Å². The molecular formula is C17H29N3O2S. The normalized spacial score (nSPS) is 21.8. The predicted octanol–water partition coefficient (Wildman–Crippen LogP) is 3.30. The summed E-state index contributed by atoms with van der Waals surface area (Å²) in [5, 5.41) is 15.8. The maximum absolute atomic E-state index is 12.5. The van der Waals surface area contributed by atoms with E-state index < -0.39 is 0 Å². The van der Waals surface area contributed by atoms with E-state index in [0.717, 1.165) is 30.1 Å². The van der Waals surface area contributed by atoms with Crippen molar-refractivity contribution in [3.8, 4) is 0 Å². The van der Waals surface area contributed by atoms with Crippen LogP contribution in [-0.2, 0) is 5.41 Å². The van der Waals surface area contributed by atoms with E-state index in [1.807, 2.05) is 11.8 Å². The van der Waals surface area contributed by atoms with Crippen LogP contribution in [0.25, 0.3) is 0 Å². The maximum atomic E-state index is 12.5. The lowest BCUT2D eigenvalue weighted by Crippen LogP contribution is -2.47. The number of likely N-dealkylation sites (tertiary alicyclic amines) is 1. The largest absolute Gasteiger partial charge is 0.393 e. The third kappa shape index (κ3) is 4.67. The molecule has 6 heteroatoms. The number of aliphatic hydroxyl groups is 1. The highest BCUT2D eigenvalue weighted by atomic mass is 32.1. The van der Waals surface area contributed by atoms with Crippen molar-refractivity contribution in [2.45, 2.75) is 65.0 Å². The van der Waals surface area contributed by atoms with Gasteiger partial charge in [-0.1, -0.05) is 20.8 Å². The number of hydrogen-bond donors (Lipinski definition) is 2. The van der Waals surface area contributed by atoms with Gasteiger partial charge in [-0.05, 0) is 26.7 Å². The zero-order chi connectivity index (χ0) is 17.2. The Labute approximate surface area is 143 Å². The van der Waals surface area contributed by atoms with Gasteiger partial charge in [-0.15, -0.1) is 11.3 Å². The zero-order valence-electron chi connectivity index (χ0n) is 14.8. The van der Waals surface area contributed by atoms with Gasteiger partial charge in [0, 0.05) is 29.8 Å². The van der Waals surface area contributed by atoms with Gasteiger partial charge in [0.05, 0.1) is 17.8 Å². The number of hydrogen-bond acceptors (Lipinski definition) is 4. The van der Waals surface area contributed by atoms with E-state index in [1.165, 1.54) is 0 Å². The fourth-order valence-corrected chi connectivity index (χ4v) is 3.81. The van der Waals surface area contributed by atoms with Crippen LogP contribution < -0.4 is 5.32 Å². The van der Waals surface area contributed by atoms with E-state index in [-0.39, 0.29) is 29.5 Å². The highest BCUT2D eigenvalue weighted by Gasteiger charge is 2.28. The summed E-state index contributed by atoms with van der Waals surface area (Å²) in [5.41, 5.74) is 1.08. The fraction of sp³-hybridized carbons (Fsp3) is 0.765. The number of thiazole rings is 1. The first-order chi connectivity index (χ1) is 10.7. The third-order valence-corrected chi connectivity index (χ3v) is 5.46. The molecule has 0 bridgehead atoms. The van der Waals surface area contributed by atoms with E-state index in [4.69, 9.17) is 0 Å². The molecule has 0 aliphatic carbocycles. The molecule has 3 atom stereocenters. The molecule has 0 spiro atoms. The number of carbonyl (C=O) groups excluding carboxylic acids is 1. The van der Waals surface area contributed by atoms with Crippen molar-refractivity contribution in [1.29, 1.82) is 0 Å². The summed E-state index contributed by atoms with van der Waals surface area (Å²) < 4.78 is 0. The van der Waals surface area contributed by atoms with Crippen molar-refractivity contribution in [2.75, 3.05) is 13.1 Å². The van der Waals surface area contributed by atoms with Gasteiger partial charge in [0.1, 0.15) is 5.01 Å². The topological polar surface area (TPSA) is 65.5 Å². The lowest BCUT2D eigenvalue weighted by molar-refractivity contribution is 0.0734. The molecule has 0 aromatic carbocycles. The molecule has 1 fully saturated rings. The Morgan fingerprint density at radius 1 is 1.48 bits per heavy atom.